The molecule has 0 radical (unpaired) electrons. The molecule has 0 spiro atoms. The summed E-state index contributed by atoms with van der Waals surface area (Å²) in [6.45, 7) is 7.59. The van der Waals surface area contributed by atoms with Crippen molar-refractivity contribution in [3.05, 3.63) is 33.9 Å². The van der Waals surface area contributed by atoms with Gasteiger partial charge < -0.3 is 10.6 Å². The Morgan fingerprint density at radius 2 is 2.05 bits per heavy atom. The number of nitrogens with one attached hydrogen (secondary N) is 2. The summed E-state index contributed by atoms with van der Waals surface area (Å²) in [5.41, 5.74) is 0.860. The Kier molecular flexibility index (Phi) is 4.84. The molecule has 0 heterocycles. The second-order valence-corrected chi connectivity index (χ2v) is 5.20. The van der Waals surface area contributed by atoms with Crippen molar-refractivity contribution in [2.75, 3.05) is 18.4 Å². The molecule has 0 fully saturated rings. The molecule has 1 aromatic carbocycles. The van der Waals surface area contributed by atoms with Crippen molar-refractivity contribution < 1.29 is 4.92 Å². The number of rotatable bonds is 5. The van der Waals surface area contributed by atoms with Crippen molar-refractivity contribution in [2.45, 2.75) is 26.3 Å². The van der Waals surface area contributed by atoms with Crippen LogP contribution in [0.3, 0.4) is 0 Å². The van der Waals surface area contributed by atoms with Crippen molar-refractivity contribution in [1.29, 1.82) is 5.26 Å². The molecule has 0 aliphatic carbocycles. The van der Waals surface area contributed by atoms with Crippen molar-refractivity contribution in [1.82, 2.24) is 5.32 Å². The summed E-state index contributed by atoms with van der Waals surface area (Å²) < 4.78 is 0. The fourth-order valence-electron chi connectivity index (χ4n) is 1.53. The van der Waals surface area contributed by atoms with Gasteiger partial charge in [0.1, 0.15) is 6.07 Å². The van der Waals surface area contributed by atoms with E-state index in [-0.39, 0.29) is 16.8 Å². The molecule has 6 nitrogen and oxygen atoms in total. The Balaban J connectivity index is 2.64. The minimum atomic E-state index is -0.508. The van der Waals surface area contributed by atoms with E-state index in [1.54, 1.807) is 6.07 Å². The molecule has 0 saturated heterocycles. The number of nitro groups is 1. The van der Waals surface area contributed by atoms with Gasteiger partial charge in [-0.2, -0.15) is 5.26 Å². The van der Waals surface area contributed by atoms with E-state index in [2.05, 4.69) is 31.4 Å². The second kappa shape index (κ2) is 6.16. The standard InChI is InChI=1S/C13H18N4O2/c1-13(2,3)16-7-6-15-12-5-4-11(17(18)19)8-10(12)9-14/h4-5,8,15-16H,6-7H2,1-3H3. The summed E-state index contributed by atoms with van der Waals surface area (Å²) >= 11 is 0. The Hall–Kier alpha value is -2.13. The third kappa shape index (κ3) is 4.94. The summed E-state index contributed by atoms with van der Waals surface area (Å²) in [6.07, 6.45) is 0. The largest absolute Gasteiger partial charge is 0.383 e. The Labute approximate surface area is 112 Å². The molecule has 0 aliphatic rings. The van der Waals surface area contributed by atoms with Gasteiger partial charge in [0.05, 0.1) is 16.2 Å². The van der Waals surface area contributed by atoms with Crippen LogP contribution in [-0.2, 0) is 0 Å². The summed E-state index contributed by atoms with van der Waals surface area (Å²) in [5.74, 6) is 0. The van der Waals surface area contributed by atoms with Crippen molar-refractivity contribution >= 4 is 11.4 Å². The molecular formula is C13H18N4O2. The molecule has 0 amide bonds. The van der Waals surface area contributed by atoms with Gasteiger partial charge in [0, 0.05) is 30.8 Å². The van der Waals surface area contributed by atoms with E-state index in [4.69, 9.17) is 5.26 Å². The molecule has 0 unspecified atom stereocenters. The summed E-state index contributed by atoms with van der Waals surface area (Å²) in [5, 5.41) is 26.0. The summed E-state index contributed by atoms with van der Waals surface area (Å²) in [4.78, 5) is 10.1. The van der Waals surface area contributed by atoms with Crippen LogP contribution in [0.2, 0.25) is 0 Å². The van der Waals surface area contributed by atoms with Crippen molar-refractivity contribution in [3.8, 4) is 6.07 Å². The minimum Gasteiger partial charge on any atom is -0.383 e. The number of benzene rings is 1. The highest BCUT2D eigenvalue weighted by Gasteiger charge is 2.11. The molecule has 0 aromatic heterocycles. The highest BCUT2D eigenvalue weighted by molar-refractivity contribution is 5.61. The van der Waals surface area contributed by atoms with E-state index < -0.39 is 4.92 Å². The lowest BCUT2D eigenvalue weighted by Gasteiger charge is -2.20. The maximum absolute atomic E-state index is 10.6. The topological polar surface area (TPSA) is 91.0 Å². The quantitative estimate of drug-likeness (QED) is 0.482. The zero-order valence-electron chi connectivity index (χ0n) is 11.4. The molecule has 0 bridgehead atoms. The van der Waals surface area contributed by atoms with Crippen LogP contribution in [0.4, 0.5) is 11.4 Å². The molecule has 1 rings (SSSR count). The number of nitriles is 1. The molecule has 0 atom stereocenters. The number of anilines is 1. The van der Waals surface area contributed by atoms with E-state index in [1.165, 1.54) is 12.1 Å². The predicted molar refractivity (Wildman–Crippen MR) is 74.1 cm³/mol. The summed E-state index contributed by atoms with van der Waals surface area (Å²) in [7, 11) is 0. The molecule has 19 heavy (non-hydrogen) atoms. The highest BCUT2D eigenvalue weighted by atomic mass is 16.6. The van der Waals surface area contributed by atoms with Crippen LogP contribution in [0.5, 0.6) is 0 Å². The van der Waals surface area contributed by atoms with Gasteiger partial charge in [-0.3, -0.25) is 10.1 Å². The number of hydrogen-bond donors (Lipinski definition) is 2. The number of nitrogens with zero attached hydrogens (tertiary/aromatic N) is 2. The van der Waals surface area contributed by atoms with E-state index in [0.29, 0.717) is 12.2 Å². The average molecular weight is 262 g/mol. The van der Waals surface area contributed by atoms with Gasteiger partial charge >= 0.3 is 0 Å². The first kappa shape index (κ1) is 14.9. The minimum absolute atomic E-state index is 0.0369. The van der Waals surface area contributed by atoms with Gasteiger partial charge in [-0.15, -0.1) is 0 Å². The van der Waals surface area contributed by atoms with Gasteiger partial charge in [-0.1, -0.05) is 0 Å². The van der Waals surface area contributed by atoms with Crippen LogP contribution in [0.15, 0.2) is 18.2 Å². The monoisotopic (exact) mass is 262 g/mol. The molecule has 102 valence electrons. The molecule has 0 aliphatic heterocycles. The lowest BCUT2D eigenvalue weighted by Crippen LogP contribution is -2.38. The van der Waals surface area contributed by atoms with Crippen molar-refractivity contribution in [2.24, 2.45) is 0 Å². The lowest BCUT2D eigenvalue weighted by atomic mass is 10.1. The van der Waals surface area contributed by atoms with Gasteiger partial charge in [0.15, 0.2) is 0 Å². The van der Waals surface area contributed by atoms with E-state index in [0.717, 1.165) is 6.54 Å². The third-order valence-corrected chi connectivity index (χ3v) is 2.43. The SMILES string of the molecule is CC(C)(C)NCCNc1ccc([N+](=O)[O-])cc1C#N. The maximum atomic E-state index is 10.6. The zero-order valence-corrected chi connectivity index (χ0v) is 11.4. The Morgan fingerprint density at radius 1 is 1.37 bits per heavy atom. The smallest absolute Gasteiger partial charge is 0.270 e. The predicted octanol–water partition coefficient (Wildman–Crippen LogP) is 2.27. The first-order chi connectivity index (χ1) is 8.83. The Morgan fingerprint density at radius 3 is 2.58 bits per heavy atom. The van der Waals surface area contributed by atoms with Crippen LogP contribution in [-0.4, -0.2) is 23.6 Å². The first-order valence-electron chi connectivity index (χ1n) is 6.01. The molecule has 6 heteroatoms. The molecular weight excluding hydrogens is 244 g/mol. The normalized spacial score (nSPS) is 10.8. The molecule has 2 N–H and O–H groups in total. The first-order valence-corrected chi connectivity index (χ1v) is 6.01. The average Bonchev–Trinajstić information content (AvgIpc) is 2.33. The number of non-ortho nitro benzene ring substituents is 1. The fourth-order valence-corrected chi connectivity index (χ4v) is 1.53. The van der Waals surface area contributed by atoms with Gasteiger partial charge in [0.25, 0.3) is 5.69 Å². The summed E-state index contributed by atoms with van der Waals surface area (Å²) in [6, 6.07) is 6.19. The van der Waals surface area contributed by atoms with E-state index in [9.17, 15) is 10.1 Å². The highest BCUT2D eigenvalue weighted by Crippen LogP contribution is 2.21. The van der Waals surface area contributed by atoms with Crippen molar-refractivity contribution in [3.63, 3.8) is 0 Å². The Bertz CT molecular complexity index is 500. The number of nitro benzene ring substituents is 1. The lowest BCUT2D eigenvalue weighted by molar-refractivity contribution is -0.384. The van der Waals surface area contributed by atoms with E-state index >= 15 is 0 Å². The van der Waals surface area contributed by atoms with Crippen LogP contribution in [0.1, 0.15) is 26.3 Å². The molecule has 0 saturated carbocycles. The van der Waals surface area contributed by atoms with Crippen LogP contribution < -0.4 is 10.6 Å². The van der Waals surface area contributed by atoms with Gasteiger partial charge in [0.2, 0.25) is 0 Å². The fraction of sp³-hybridized carbons (Fsp3) is 0.462. The maximum Gasteiger partial charge on any atom is 0.270 e. The zero-order chi connectivity index (χ0) is 14.5. The van der Waals surface area contributed by atoms with Crippen LogP contribution in [0, 0.1) is 21.4 Å². The van der Waals surface area contributed by atoms with Gasteiger partial charge in [-0.05, 0) is 26.8 Å². The van der Waals surface area contributed by atoms with Gasteiger partial charge in [-0.25, -0.2) is 0 Å². The number of hydrogen-bond acceptors (Lipinski definition) is 5. The van der Waals surface area contributed by atoms with Crippen LogP contribution in [0.25, 0.3) is 0 Å². The second-order valence-electron chi connectivity index (χ2n) is 5.20. The third-order valence-electron chi connectivity index (χ3n) is 2.43. The van der Waals surface area contributed by atoms with E-state index in [1.807, 2.05) is 6.07 Å². The van der Waals surface area contributed by atoms with Crippen LogP contribution >= 0.6 is 0 Å². The molecule has 1 aromatic rings.